The number of carboxylic acids is 1. The van der Waals surface area contributed by atoms with Crippen molar-refractivity contribution in [2.45, 2.75) is 51.4 Å². The molecule has 0 radical (unpaired) electrons. The van der Waals surface area contributed by atoms with E-state index in [1.807, 2.05) is 24.3 Å². The van der Waals surface area contributed by atoms with Crippen molar-refractivity contribution in [3.63, 3.8) is 0 Å². The maximum absolute atomic E-state index is 11.5. The van der Waals surface area contributed by atoms with Crippen LogP contribution in [0.4, 0.5) is 0 Å². The molecule has 20 heavy (non-hydrogen) atoms. The van der Waals surface area contributed by atoms with Crippen molar-refractivity contribution < 1.29 is 14.3 Å². The third-order valence-corrected chi connectivity index (χ3v) is 8.87. The van der Waals surface area contributed by atoms with Crippen molar-refractivity contribution in [1.29, 1.82) is 0 Å². The number of rotatable bonds is 5. The van der Waals surface area contributed by atoms with Crippen LogP contribution >= 0.6 is 15.9 Å². The molecule has 0 bridgehead atoms. The SMILES string of the molecule is CC(C)(C)[Si](C)(C)OC(Cc1ccc(Br)cc1)C(=O)O. The first-order valence-electron chi connectivity index (χ1n) is 6.68. The fourth-order valence-corrected chi connectivity index (χ4v) is 3.06. The molecule has 3 nitrogen and oxygen atoms in total. The average molecular weight is 359 g/mol. The van der Waals surface area contributed by atoms with Gasteiger partial charge in [-0.05, 0) is 35.8 Å². The zero-order valence-corrected chi connectivity index (χ0v) is 15.3. The van der Waals surface area contributed by atoms with Crippen LogP contribution in [0.1, 0.15) is 26.3 Å². The van der Waals surface area contributed by atoms with Gasteiger partial charge in [-0.2, -0.15) is 0 Å². The lowest BCUT2D eigenvalue weighted by atomic mass is 10.1. The van der Waals surface area contributed by atoms with Crippen molar-refractivity contribution in [1.82, 2.24) is 0 Å². The lowest BCUT2D eigenvalue weighted by Gasteiger charge is -2.38. The van der Waals surface area contributed by atoms with Crippen molar-refractivity contribution in [2.75, 3.05) is 0 Å². The molecule has 1 aromatic carbocycles. The lowest BCUT2D eigenvalue weighted by molar-refractivity contribution is -0.145. The van der Waals surface area contributed by atoms with Crippen LogP contribution in [0.5, 0.6) is 0 Å². The van der Waals surface area contributed by atoms with E-state index in [0.717, 1.165) is 10.0 Å². The van der Waals surface area contributed by atoms with Crippen LogP contribution in [-0.2, 0) is 15.6 Å². The molecular formula is C15H23BrO3Si. The average Bonchev–Trinajstić information content (AvgIpc) is 2.29. The maximum atomic E-state index is 11.5. The highest BCUT2D eigenvalue weighted by atomic mass is 79.9. The van der Waals surface area contributed by atoms with Crippen molar-refractivity contribution >= 4 is 30.2 Å². The van der Waals surface area contributed by atoms with E-state index in [1.54, 1.807) is 0 Å². The fraction of sp³-hybridized carbons (Fsp3) is 0.533. The number of halogens is 1. The molecule has 0 spiro atoms. The normalized spacial score (nSPS) is 14.1. The van der Waals surface area contributed by atoms with Crippen molar-refractivity contribution in [3.05, 3.63) is 34.3 Å². The van der Waals surface area contributed by atoms with Gasteiger partial charge in [0.1, 0.15) is 6.10 Å². The third kappa shape index (κ3) is 4.72. The van der Waals surface area contributed by atoms with Crippen LogP contribution in [0.3, 0.4) is 0 Å². The number of carboxylic acid groups (broad SMARTS) is 1. The van der Waals surface area contributed by atoms with E-state index in [0.29, 0.717) is 6.42 Å². The first kappa shape index (κ1) is 17.4. The molecule has 1 aromatic rings. The molecule has 0 saturated carbocycles. The topological polar surface area (TPSA) is 46.5 Å². The molecule has 112 valence electrons. The highest BCUT2D eigenvalue weighted by molar-refractivity contribution is 9.10. The number of hydrogen-bond acceptors (Lipinski definition) is 2. The zero-order chi connectivity index (χ0) is 15.6. The Balaban J connectivity index is 2.86. The minimum absolute atomic E-state index is 0.000413. The van der Waals surface area contributed by atoms with Gasteiger partial charge in [-0.3, -0.25) is 0 Å². The molecular weight excluding hydrogens is 336 g/mol. The van der Waals surface area contributed by atoms with Crippen LogP contribution in [0.2, 0.25) is 18.1 Å². The van der Waals surface area contributed by atoms with Crippen molar-refractivity contribution in [3.8, 4) is 0 Å². The van der Waals surface area contributed by atoms with Crippen LogP contribution < -0.4 is 0 Å². The number of aliphatic carboxylic acids is 1. The molecule has 0 fully saturated rings. The Hall–Kier alpha value is -0.653. The van der Waals surface area contributed by atoms with E-state index >= 15 is 0 Å². The quantitative estimate of drug-likeness (QED) is 0.789. The molecule has 0 aliphatic heterocycles. The first-order valence-corrected chi connectivity index (χ1v) is 10.4. The molecule has 0 amide bonds. The van der Waals surface area contributed by atoms with Crippen LogP contribution in [0.15, 0.2) is 28.7 Å². The summed E-state index contributed by atoms with van der Waals surface area (Å²) in [6.07, 6.45) is -0.383. The van der Waals surface area contributed by atoms with E-state index in [9.17, 15) is 9.90 Å². The molecule has 0 aliphatic rings. The van der Waals surface area contributed by atoms with E-state index in [2.05, 4.69) is 49.8 Å². The minimum Gasteiger partial charge on any atom is -0.479 e. The van der Waals surface area contributed by atoms with Crippen molar-refractivity contribution in [2.24, 2.45) is 0 Å². The van der Waals surface area contributed by atoms with Crippen LogP contribution in [0, 0.1) is 0 Å². The largest absolute Gasteiger partial charge is 0.479 e. The number of hydrogen-bond donors (Lipinski definition) is 1. The standard InChI is InChI=1S/C15H23BrO3Si/c1-15(2,3)20(4,5)19-13(14(17)18)10-11-6-8-12(16)9-7-11/h6-9,13H,10H2,1-5H3,(H,17,18). The van der Waals surface area contributed by atoms with Gasteiger partial charge in [0.25, 0.3) is 0 Å². The van der Waals surface area contributed by atoms with E-state index in [4.69, 9.17) is 4.43 Å². The van der Waals surface area contributed by atoms with E-state index in [-0.39, 0.29) is 5.04 Å². The predicted molar refractivity (Wildman–Crippen MR) is 87.6 cm³/mol. The van der Waals surface area contributed by atoms with E-state index < -0.39 is 20.4 Å². The summed E-state index contributed by atoms with van der Waals surface area (Å²) in [5.41, 5.74) is 0.972. The summed E-state index contributed by atoms with van der Waals surface area (Å²) in [7, 11) is -2.09. The zero-order valence-electron chi connectivity index (χ0n) is 12.7. The smallest absolute Gasteiger partial charge is 0.331 e. The Morgan fingerprint density at radius 3 is 2.20 bits per heavy atom. The first-order chi connectivity index (χ1) is 9.03. The Morgan fingerprint density at radius 2 is 1.80 bits per heavy atom. The van der Waals surface area contributed by atoms with Gasteiger partial charge in [0.15, 0.2) is 8.32 Å². The molecule has 0 aromatic heterocycles. The summed E-state index contributed by atoms with van der Waals surface area (Å²) in [5.74, 6) is -0.891. The summed E-state index contributed by atoms with van der Waals surface area (Å²) in [5, 5.41) is 9.41. The number of benzene rings is 1. The monoisotopic (exact) mass is 358 g/mol. The highest BCUT2D eigenvalue weighted by Crippen LogP contribution is 2.37. The molecule has 1 unspecified atom stereocenters. The molecule has 0 saturated heterocycles. The molecule has 1 N–H and O–H groups in total. The summed E-state index contributed by atoms with van der Waals surface area (Å²) in [6, 6.07) is 7.69. The van der Waals surface area contributed by atoms with Crippen LogP contribution in [0.25, 0.3) is 0 Å². The summed E-state index contributed by atoms with van der Waals surface area (Å²) in [4.78, 5) is 11.5. The van der Waals surface area contributed by atoms with Gasteiger partial charge in [0.2, 0.25) is 0 Å². The van der Waals surface area contributed by atoms with Gasteiger partial charge in [-0.15, -0.1) is 0 Å². The Bertz CT molecular complexity index is 463. The lowest BCUT2D eigenvalue weighted by Crippen LogP contribution is -2.46. The van der Waals surface area contributed by atoms with Gasteiger partial charge in [-0.25, -0.2) is 4.79 Å². The van der Waals surface area contributed by atoms with Gasteiger partial charge in [0.05, 0.1) is 0 Å². The molecule has 1 rings (SSSR count). The summed E-state index contributed by atoms with van der Waals surface area (Å²) < 4.78 is 7.01. The van der Waals surface area contributed by atoms with Gasteiger partial charge < -0.3 is 9.53 Å². The summed E-state index contributed by atoms with van der Waals surface area (Å²) >= 11 is 3.37. The predicted octanol–water partition coefficient (Wildman–Crippen LogP) is 4.47. The van der Waals surface area contributed by atoms with Gasteiger partial charge in [-0.1, -0.05) is 48.8 Å². The van der Waals surface area contributed by atoms with E-state index in [1.165, 1.54) is 0 Å². The Morgan fingerprint density at radius 1 is 1.30 bits per heavy atom. The second-order valence-corrected chi connectivity index (χ2v) is 12.2. The third-order valence-electron chi connectivity index (χ3n) is 3.85. The molecule has 0 aliphatic carbocycles. The highest BCUT2D eigenvalue weighted by Gasteiger charge is 2.40. The van der Waals surface area contributed by atoms with Gasteiger partial charge in [0, 0.05) is 10.9 Å². The molecule has 0 heterocycles. The summed E-state index contributed by atoms with van der Waals surface area (Å²) in [6.45, 7) is 10.5. The van der Waals surface area contributed by atoms with Gasteiger partial charge >= 0.3 is 5.97 Å². The van der Waals surface area contributed by atoms with Crippen LogP contribution in [-0.4, -0.2) is 25.5 Å². The molecule has 5 heteroatoms. The maximum Gasteiger partial charge on any atom is 0.331 e. The second-order valence-electron chi connectivity index (χ2n) is 6.54. The fourth-order valence-electron chi connectivity index (χ4n) is 1.55. The minimum atomic E-state index is -2.09. The number of carbonyl (C=O) groups is 1. The Kier molecular flexibility index (Phi) is 5.58. The molecule has 1 atom stereocenters. The Labute approximate surface area is 130 Å². The second kappa shape index (κ2) is 6.41.